The van der Waals surface area contributed by atoms with Crippen molar-refractivity contribution in [2.45, 2.75) is 26.8 Å². The van der Waals surface area contributed by atoms with Crippen molar-refractivity contribution in [1.82, 2.24) is 0 Å². The van der Waals surface area contributed by atoms with Crippen LogP contribution in [0.3, 0.4) is 0 Å². The van der Waals surface area contributed by atoms with E-state index in [2.05, 4.69) is 42.7 Å². The number of para-hydroxylation sites is 1. The number of aromatic nitrogens is 1. The van der Waals surface area contributed by atoms with Gasteiger partial charge < -0.3 is 17.0 Å². The molecule has 84 valence electrons. The Morgan fingerprint density at radius 2 is 1.94 bits per heavy atom. The van der Waals surface area contributed by atoms with Crippen molar-refractivity contribution < 1.29 is 21.5 Å². The third-order valence-electron chi connectivity index (χ3n) is 3.28. The van der Waals surface area contributed by atoms with Crippen LogP contribution in [0.15, 0.2) is 29.8 Å². The summed E-state index contributed by atoms with van der Waals surface area (Å²) in [7, 11) is 0. The Bertz CT molecular complexity index is 568. The number of thiazole rings is 1. The summed E-state index contributed by atoms with van der Waals surface area (Å²) in [5, 5.41) is 1.44. The van der Waals surface area contributed by atoms with Gasteiger partial charge in [0.05, 0.1) is 0 Å². The minimum atomic E-state index is 0. The van der Waals surface area contributed by atoms with Gasteiger partial charge in [0, 0.05) is 18.1 Å². The van der Waals surface area contributed by atoms with Crippen LogP contribution >= 0.6 is 11.3 Å². The summed E-state index contributed by atoms with van der Waals surface area (Å²) < 4.78 is 3.86. The SMILES string of the molecule is CC1=C(C)c2sc3ccccc3[n+]2CC1.[Br-]. The Morgan fingerprint density at radius 1 is 1.19 bits per heavy atom. The van der Waals surface area contributed by atoms with E-state index in [1.54, 1.807) is 5.57 Å². The zero-order chi connectivity index (χ0) is 10.4. The van der Waals surface area contributed by atoms with E-state index in [0.717, 1.165) is 6.54 Å². The second kappa shape index (κ2) is 4.30. The molecule has 0 saturated heterocycles. The van der Waals surface area contributed by atoms with Crippen molar-refractivity contribution in [1.29, 1.82) is 0 Å². The van der Waals surface area contributed by atoms with Crippen LogP contribution in [0.5, 0.6) is 0 Å². The predicted molar refractivity (Wildman–Crippen MR) is 64.9 cm³/mol. The van der Waals surface area contributed by atoms with Gasteiger partial charge in [0.1, 0.15) is 4.70 Å². The Hall–Kier alpha value is -0.670. The van der Waals surface area contributed by atoms with E-state index in [9.17, 15) is 0 Å². The molecule has 0 spiro atoms. The molecule has 0 radical (unpaired) electrons. The minimum Gasteiger partial charge on any atom is -1.00 e. The molecular formula is C13H14BrNS. The van der Waals surface area contributed by atoms with Gasteiger partial charge in [-0.1, -0.05) is 29.0 Å². The summed E-state index contributed by atoms with van der Waals surface area (Å²) in [4.78, 5) is 0. The zero-order valence-electron chi connectivity index (χ0n) is 9.46. The Balaban J connectivity index is 0.000000963. The van der Waals surface area contributed by atoms with Gasteiger partial charge in [-0.3, -0.25) is 0 Å². The minimum absolute atomic E-state index is 0. The van der Waals surface area contributed by atoms with Gasteiger partial charge in [-0.05, 0) is 19.9 Å². The number of nitrogens with zero attached hydrogens (tertiary/aromatic N) is 1. The molecule has 0 aliphatic carbocycles. The Labute approximate surface area is 110 Å². The number of fused-ring (bicyclic) bond motifs is 3. The molecule has 0 atom stereocenters. The summed E-state index contributed by atoms with van der Waals surface area (Å²) in [6, 6.07) is 8.69. The second-order valence-corrected chi connectivity index (χ2v) is 5.21. The molecule has 1 aliphatic heterocycles. The van der Waals surface area contributed by atoms with Gasteiger partial charge in [-0.2, -0.15) is 4.57 Å². The maximum absolute atomic E-state index is 2.46. The maximum Gasteiger partial charge on any atom is 0.265 e. The first-order chi connectivity index (χ1) is 7.27. The van der Waals surface area contributed by atoms with E-state index in [1.165, 1.54) is 27.2 Å². The van der Waals surface area contributed by atoms with Crippen LogP contribution < -0.4 is 21.5 Å². The van der Waals surface area contributed by atoms with Crippen LogP contribution in [0.25, 0.3) is 15.8 Å². The molecule has 2 aromatic rings. The van der Waals surface area contributed by atoms with Gasteiger partial charge in [0.25, 0.3) is 5.01 Å². The van der Waals surface area contributed by atoms with E-state index in [0.29, 0.717) is 0 Å². The van der Waals surface area contributed by atoms with Crippen LogP contribution in [-0.2, 0) is 6.54 Å². The molecule has 3 rings (SSSR count). The monoisotopic (exact) mass is 295 g/mol. The fourth-order valence-electron chi connectivity index (χ4n) is 2.19. The van der Waals surface area contributed by atoms with Crippen molar-refractivity contribution in [3.05, 3.63) is 34.8 Å². The molecule has 1 aliphatic rings. The number of halogens is 1. The van der Waals surface area contributed by atoms with Crippen molar-refractivity contribution in [3.63, 3.8) is 0 Å². The van der Waals surface area contributed by atoms with Crippen molar-refractivity contribution >= 4 is 27.1 Å². The van der Waals surface area contributed by atoms with E-state index in [4.69, 9.17) is 0 Å². The highest BCUT2D eigenvalue weighted by molar-refractivity contribution is 7.19. The van der Waals surface area contributed by atoms with E-state index in [1.807, 2.05) is 11.3 Å². The number of aryl methyl sites for hydroxylation is 1. The molecule has 1 nitrogen and oxygen atoms in total. The first-order valence-corrected chi connectivity index (χ1v) is 6.17. The summed E-state index contributed by atoms with van der Waals surface area (Å²) in [6.45, 7) is 5.64. The first kappa shape index (κ1) is 11.8. The fraction of sp³-hybridized carbons (Fsp3) is 0.308. The van der Waals surface area contributed by atoms with E-state index < -0.39 is 0 Å². The quantitative estimate of drug-likeness (QED) is 0.619. The smallest absolute Gasteiger partial charge is 0.265 e. The first-order valence-electron chi connectivity index (χ1n) is 5.35. The lowest BCUT2D eigenvalue weighted by Crippen LogP contribution is -3.00. The van der Waals surface area contributed by atoms with Crippen molar-refractivity contribution in [2.24, 2.45) is 0 Å². The molecule has 3 heteroatoms. The summed E-state index contributed by atoms with van der Waals surface area (Å²) in [6.07, 6.45) is 1.20. The molecule has 0 saturated carbocycles. The molecule has 0 amide bonds. The lowest BCUT2D eigenvalue weighted by atomic mass is 10.1. The molecule has 0 unspecified atom stereocenters. The van der Waals surface area contributed by atoms with Crippen LogP contribution in [0.2, 0.25) is 0 Å². The normalized spacial score (nSPS) is 14.9. The van der Waals surface area contributed by atoms with Crippen LogP contribution in [0.4, 0.5) is 0 Å². The molecule has 1 aromatic heterocycles. The highest BCUT2D eigenvalue weighted by Crippen LogP contribution is 2.30. The molecule has 1 aromatic carbocycles. The van der Waals surface area contributed by atoms with E-state index in [-0.39, 0.29) is 17.0 Å². The number of allylic oxidation sites excluding steroid dienone is 2. The molecule has 0 fully saturated rings. The van der Waals surface area contributed by atoms with Crippen LogP contribution in [-0.4, -0.2) is 0 Å². The third kappa shape index (κ3) is 1.62. The van der Waals surface area contributed by atoms with Crippen LogP contribution in [0, 0.1) is 0 Å². The van der Waals surface area contributed by atoms with E-state index >= 15 is 0 Å². The molecule has 0 bridgehead atoms. The van der Waals surface area contributed by atoms with Gasteiger partial charge >= 0.3 is 0 Å². The summed E-state index contributed by atoms with van der Waals surface area (Å²) in [5.41, 5.74) is 4.41. The van der Waals surface area contributed by atoms with Crippen LogP contribution in [0.1, 0.15) is 25.3 Å². The molecule has 2 heterocycles. The fourth-order valence-corrected chi connectivity index (χ4v) is 3.45. The highest BCUT2D eigenvalue weighted by atomic mass is 79.9. The number of hydrogen-bond acceptors (Lipinski definition) is 1. The standard InChI is InChI=1S/C13H14NS.BrH/c1-9-7-8-14-11-5-3-4-6-12(11)15-13(14)10(9)2;/h3-6H,7-8H2,1-2H3;1H/q+1;/p-1. The van der Waals surface area contributed by atoms with Crippen molar-refractivity contribution in [3.8, 4) is 0 Å². The van der Waals surface area contributed by atoms with Gasteiger partial charge in [0.2, 0.25) is 5.52 Å². The largest absolute Gasteiger partial charge is 1.00 e. The average Bonchev–Trinajstić information content (AvgIpc) is 2.63. The Morgan fingerprint density at radius 3 is 2.75 bits per heavy atom. The Kier molecular flexibility index (Phi) is 3.17. The number of benzene rings is 1. The molecular weight excluding hydrogens is 282 g/mol. The highest BCUT2D eigenvalue weighted by Gasteiger charge is 2.26. The second-order valence-electron chi connectivity index (χ2n) is 4.18. The van der Waals surface area contributed by atoms with Crippen molar-refractivity contribution in [2.75, 3.05) is 0 Å². The summed E-state index contributed by atoms with van der Waals surface area (Å²) >= 11 is 1.92. The molecule has 0 N–H and O–H groups in total. The maximum atomic E-state index is 2.46. The average molecular weight is 296 g/mol. The number of hydrogen-bond donors (Lipinski definition) is 0. The topological polar surface area (TPSA) is 3.88 Å². The number of rotatable bonds is 0. The molecule has 16 heavy (non-hydrogen) atoms. The predicted octanol–water partition coefficient (Wildman–Crippen LogP) is 0.390. The van der Waals surface area contributed by atoms with Gasteiger partial charge in [-0.15, -0.1) is 0 Å². The lowest BCUT2D eigenvalue weighted by molar-refractivity contribution is -0.670. The zero-order valence-corrected chi connectivity index (χ0v) is 11.9. The lowest BCUT2D eigenvalue weighted by Gasteiger charge is -2.09. The van der Waals surface area contributed by atoms with Gasteiger partial charge in [-0.25, -0.2) is 0 Å². The van der Waals surface area contributed by atoms with Gasteiger partial charge in [0.15, 0.2) is 6.54 Å². The third-order valence-corrected chi connectivity index (χ3v) is 4.56. The summed E-state index contributed by atoms with van der Waals surface area (Å²) in [5.74, 6) is 0.